The second kappa shape index (κ2) is 5.39. The molecule has 0 amide bonds. The third kappa shape index (κ3) is 3.00. The van der Waals surface area contributed by atoms with E-state index in [0.29, 0.717) is 5.16 Å². The maximum atomic E-state index is 11.3. The Balaban J connectivity index is 2.06. The van der Waals surface area contributed by atoms with Gasteiger partial charge in [0.1, 0.15) is 0 Å². The molecular formula is C9H8N4O3S. The molecule has 2 heterocycles. The zero-order chi connectivity index (χ0) is 12.1. The first-order valence-electron chi connectivity index (χ1n) is 4.75. The van der Waals surface area contributed by atoms with Crippen molar-refractivity contribution in [1.29, 1.82) is 0 Å². The van der Waals surface area contributed by atoms with Gasteiger partial charge in [0, 0.05) is 24.2 Å². The molecule has 0 aromatic carbocycles. The van der Waals surface area contributed by atoms with E-state index in [9.17, 15) is 4.79 Å². The fraction of sp³-hybridized carbons (Fsp3) is 0.222. The van der Waals surface area contributed by atoms with Crippen molar-refractivity contribution in [3.05, 3.63) is 24.4 Å². The van der Waals surface area contributed by atoms with Gasteiger partial charge in [-0.3, -0.25) is 0 Å². The molecule has 0 unspecified atom stereocenters. The molecule has 0 saturated carbocycles. The molecule has 0 N–H and O–H groups in total. The molecule has 88 valence electrons. The molecule has 0 radical (unpaired) electrons. The smallest absolute Gasteiger partial charge is 0.396 e. The van der Waals surface area contributed by atoms with Crippen molar-refractivity contribution in [2.24, 2.45) is 0 Å². The molecule has 0 aliphatic rings. The lowest BCUT2D eigenvalue weighted by atomic mass is 10.7. The van der Waals surface area contributed by atoms with E-state index in [4.69, 9.17) is 9.15 Å². The monoisotopic (exact) mass is 252 g/mol. The van der Waals surface area contributed by atoms with Gasteiger partial charge in [-0.25, -0.2) is 14.8 Å². The first-order chi connectivity index (χ1) is 8.29. The van der Waals surface area contributed by atoms with Crippen LogP contribution < -0.4 is 0 Å². The lowest BCUT2D eigenvalue weighted by Gasteiger charge is -1.94. The Bertz CT molecular complexity index is 502. The third-order valence-electron chi connectivity index (χ3n) is 1.58. The van der Waals surface area contributed by atoms with Gasteiger partial charge < -0.3 is 9.15 Å². The lowest BCUT2D eigenvalue weighted by Crippen LogP contribution is -2.04. The number of hydrogen-bond donors (Lipinski definition) is 0. The van der Waals surface area contributed by atoms with Gasteiger partial charge in [0.05, 0.1) is 6.61 Å². The van der Waals surface area contributed by atoms with Crippen molar-refractivity contribution in [3.63, 3.8) is 0 Å². The number of ether oxygens (including phenoxy) is 1. The summed E-state index contributed by atoms with van der Waals surface area (Å²) in [6.45, 7) is 1.95. The number of carbonyl (C=O) groups excluding carboxylic acids is 1. The number of nitrogens with zero attached hydrogens (tertiary/aromatic N) is 4. The first-order valence-corrected chi connectivity index (χ1v) is 5.56. The van der Waals surface area contributed by atoms with Crippen molar-refractivity contribution in [1.82, 2.24) is 20.2 Å². The second-order valence-corrected chi connectivity index (χ2v) is 3.65. The SMILES string of the molecule is CCOC(=O)c1nnc(Sc2ncccn2)o1. The van der Waals surface area contributed by atoms with Crippen LogP contribution in [0.3, 0.4) is 0 Å². The highest BCUT2D eigenvalue weighted by Crippen LogP contribution is 2.22. The maximum absolute atomic E-state index is 11.3. The summed E-state index contributed by atoms with van der Waals surface area (Å²) >= 11 is 1.07. The summed E-state index contributed by atoms with van der Waals surface area (Å²) in [5, 5.41) is 7.90. The van der Waals surface area contributed by atoms with E-state index in [1.807, 2.05) is 0 Å². The van der Waals surface area contributed by atoms with Crippen molar-refractivity contribution < 1.29 is 13.9 Å². The number of rotatable bonds is 4. The number of aromatic nitrogens is 4. The second-order valence-electron chi connectivity index (χ2n) is 2.73. The van der Waals surface area contributed by atoms with Gasteiger partial charge in [-0.15, -0.1) is 5.10 Å². The van der Waals surface area contributed by atoms with Crippen LogP contribution in [0.2, 0.25) is 0 Å². The van der Waals surface area contributed by atoms with Crippen LogP contribution in [-0.4, -0.2) is 32.7 Å². The van der Waals surface area contributed by atoms with Gasteiger partial charge in [0.15, 0.2) is 5.16 Å². The summed E-state index contributed by atoms with van der Waals surface area (Å²) in [5.74, 6) is -0.814. The molecule has 0 aliphatic carbocycles. The van der Waals surface area contributed by atoms with E-state index in [0.717, 1.165) is 11.8 Å². The summed E-state index contributed by atoms with van der Waals surface area (Å²) in [7, 11) is 0. The molecule has 0 bridgehead atoms. The zero-order valence-electron chi connectivity index (χ0n) is 8.86. The van der Waals surface area contributed by atoms with Crippen LogP contribution in [0.25, 0.3) is 0 Å². The molecule has 2 aromatic rings. The Morgan fingerprint density at radius 3 is 2.88 bits per heavy atom. The minimum Gasteiger partial charge on any atom is -0.459 e. The van der Waals surface area contributed by atoms with Gasteiger partial charge >= 0.3 is 11.9 Å². The van der Waals surface area contributed by atoms with Crippen LogP contribution in [0.4, 0.5) is 0 Å². The number of esters is 1. The molecule has 0 saturated heterocycles. The Hall–Kier alpha value is -1.96. The Morgan fingerprint density at radius 2 is 2.18 bits per heavy atom. The van der Waals surface area contributed by atoms with E-state index in [1.165, 1.54) is 0 Å². The topological polar surface area (TPSA) is 91.0 Å². The summed E-state index contributed by atoms with van der Waals surface area (Å²) < 4.78 is 9.80. The fourth-order valence-corrected chi connectivity index (χ4v) is 1.53. The van der Waals surface area contributed by atoms with Gasteiger partial charge in [-0.1, -0.05) is 5.10 Å². The molecule has 0 fully saturated rings. The van der Waals surface area contributed by atoms with Crippen molar-refractivity contribution in [2.75, 3.05) is 6.61 Å². The van der Waals surface area contributed by atoms with Crippen molar-refractivity contribution >= 4 is 17.7 Å². The van der Waals surface area contributed by atoms with Crippen molar-refractivity contribution in [2.45, 2.75) is 17.3 Å². The van der Waals surface area contributed by atoms with Crippen LogP contribution in [0.5, 0.6) is 0 Å². The summed E-state index contributed by atoms with van der Waals surface area (Å²) in [4.78, 5) is 19.2. The van der Waals surface area contributed by atoms with Crippen LogP contribution in [-0.2, 0) is 4.74 Å². The third-order valence-corrected chi connectivity index (χ3v) is 2.31. The number of hydrogen-bond acceptors (Lipinski definition) is 8. The summed E-state index contributed by atoms with van der Waals surface area (Å²) in [5.41, 5.74) is 0. The Kier molecular flexibility index (Phi) is 3.66. The minimum atomic E-state index is -0.638. The van der Waals surface area contributed by atoms with Gasteiger partial charge in [0.2, 0.25) is 0 Å². The first kappa shape index (κ1) is 11.5. The molecule has 0 spiro atoms. The predicted octanol–water partition coefficient (Wildman–Crippen LogP) is 1.19. The Labute approximate surface area is 101 Å². The van der Waals surface area contributed by atoms with E-state index in [1.54, 1.807) is 25.4 Å². The minimum absolute atomic E-state index is 0.176. The van der Waals surface area contributed by atoms with Gasteiger partial charge in [0.25, 0.3) is 5.22 Å². The highest BCUT2D eigenvalue weighted by atomic mass is 32.2. The molecular weight excluding hydrogens is 244 g/mol. The number of carbonyl (C=O) groups is 1. The molecule has 0 atom stereocenters. The van der Waals surface area contributed by atoms with E-state index >= 15 is 0 Å². The van der Waals surface area contributed by atoms with Gasteiger partial charge in [-0.2, -0.15) is 0 Å². The van der Waals surface area contributed by atoms with Gasteiger partial charge in [-0.05, 0) is 13.0 Å². The van der Waals surface area contributed by atoms with Crippen molar-refractivity contribution in [3.8, 4) is 0 Å². The van der Waals surface area contributed by atoms with Crippen LogP contribution in [0.1, 0.15) is 17.6 Å². The average Bonchev–Trinajstić information content (AvgIpc) is 2.79. The van der Waals surface area contributed by atoms with Crippen LogP contribution >= 0.6 is 11.8 Å². The lowest BCUT2D eigenvalue weighted by molar-refractivity contribution is 0.0475. The molecule has 2 rings (SSSR count). The maximum Gasteiger partial charge on any atom is 0.396 e. The van der Waals surface area contributed by atoms with E-state index in [2.05, 4.69) is 20.2 Å². The largest absolute Gasteiger partial charge is 0.459 e. The van der Waals surface area contributed by atoms with Crippen LogP contribution in [0.15, 0.2) is 33.3 Å². The molecule has 17 heavy (non-hydrogen) atoms. The highest BCUT2D eigenvalue weighted by molar-refractivity contribution is 7.98. The summed E-state index contributed by atoms with van der Waals surface area (Å²) in [6.07, 6.45) is 3.19. The summed E-state index contributed by atoms with van der Waals surface area (Å²) in [6, 6.07) is 1.70. The standard InChI is InChI=1S/C9H8N4O3S/c1-2-15-7(14)6-12-13-9(16-6)17-8-10-4-3-5-11-8/h3-5H,2H2,1H3. The fourth-order valence-electron chi connectivity index (χ4n) is 0.943. The molecule has 2 aromatic heterocycles. The van der Waals surface area contributed by atoms with E-state index in [-0.39, 0.29) is 17.7 Å². The zero-order valence-corrected chi connectivity index (χ0v) is 9.68. The average molecular weight is 252 g/mol. The molecule has 7 nitrogen and oxygen atoms in total. The quantitative estimate of drug-likeness (QED) is 0.592. The Morgan fingerprint density at radius 1 is 1.41 bits per heavy atom. The molecule has 0 aliphatic heterocycles. The van der Waals surface area contributed by atoms with E-state index < -0.39 is 5.97 Å². The highest BCUT2D eigenvalue weighted by Gasteiger charge is 2.16. The predicted molar refractivity (Wildman–Crippen MR) is 56.4 cm³/mol. The molecule has 8 heteroatoms. The normalized spacial score (nSPS) is 10.2. The van der Waals surface area contributed by atoms with Crippen LogP contribution in [0, 0.1) is 0 Å².